The van der Waals surface area contributed by atoms with E-state index in [1.165, 1.54) is 48.5 Å². The topological polar surface area (TPSA) is 145 Å². The van der Waals surface area contributed by atoms with Gasteiger partial charge in [-0.05, 0) is 49.4 Å². The molecule has 3 aromatic carbocycles. The van der Waals surface area contributed by atoms with Crippen molar-refractivity contribution < 1.29 is 43.3 Å². The highest BCUT2D eigenvalue weighted by molar-refractivity contribution is 6.02. The summed E-state index contributed by atoms with van der Waals surface area (Å²) in [6.45, 7) is 1.78. The van der Waals surface area contributed by atoms with Gasteiger partial charge < -0.3 is 24.6 Å². The zero-order valence-corrected chi connectivity index (χ0v) is 19.7. The molecule has 37 heavy (non-hydrogen) atoms. The van der Waals surface area contributed by atoms with Crippen molar-refractivity contribution in [1.82, 2.24) is 0 Å². The van der Waals surface area contributed by atoms with E-state index in [1.807, 2.05) is 0 Å². The Balaban J connectivity index is 1.90. The van der Waals surface area contributed by atoms with Gasteiger partial charge in [-0.25, -0.2) is 19.2 Å². The van der Waals surface area contributed by atoms with Crippen LogP contribution >= 0.6 is 0 Å². The standard InChI is InChI=1S/C27H23NO9/c1-2-35-25(32)19-14-9-15-20(16-19)28-23(29)21(36-26(33)17-10-5-3-6-11-17)22(24(30)31)37-27(34)18-12-7-4-8-13-18/h3-16,21-22H,2H2,1H3,(H,28,29)(H,30,31)/t21-,22-/m1/s1. The number of rotatable bonds is 10. The zero-order valence-electron chi connectivity index (χ0n) is 19.7. The molecule has 1 amide bonds. The van der Waals surface area contributed by atoms with Gasteiger partial charge in [-0.3, -0.25) is 4.79 Å². The van der Waals surface area contributed by atoms with Gasteiger partial charge in [0.05, 0.1) is 23.3 Å². The number of carbonyl (C=O) groups is 5. The summed E-state index contributed by atoms with van der Waals surface area (Å²) < 4.78 is 15.3. The van der Waals surface area contributed by atoms with Crippen molar-refractivity contribution in [2.24, 2.45) is 0 Å². The van der Waals surface area contributed by atoms with Crippen LogP contribution in [0.4, 0.5) is 5.69 Å². The fourth-order valence-corrected chi connectivity index (χ4v) is 3.16. The lowest BCUT2D eigenvalue weighted by atomic mass is 10.1. The Morgan fingerprint density at radius 3 is 1.73 bits per heavy atom. The molecule has 3 rings (SSSR count). The van der Waals surface area contributed by atoms with Gasteiger partial charge in [-0.2, -0.15) is 0 Å². The highest BCUT2D eigenvalue weighted by atomic mass is 16.6. The number of ether oxygens (including phenoxy) is 3. The summed E-state index contributed by atoms with van der Waals surface area (Å²) >= 11 is 0. The maximum Gasteiger partial charge on any atom is 0.349 e. The van der Waals surface area contributed by atoms with Gasteiger partial charge in [-0.1, -0.05) is 42.5 Å². The first-order valence-corrected chi connectivity index (χ1v) is 11.1. The second-order valence-electron chi connectivity index (χ2n) is 7.51. The van der Waals surface area contributed by atoms with E-state index < -0.39 is 42.0 Å². The quantitative estimate of drug-likeness (QED) is 0.313. The van der Waals surface area contributed by atoms with E-state index in [0.717, 1.165) is 0 Å². The van der Waals surface area contributed by atoms with Gasteiger partial charge in [0, 0.05) is 5.69 Å². The molecule has 0 radical (unpaired) electrons. The summed E-state index contributed by atoms with van der Waals surface area (Å²) in [5.41, 5.74) is 0.296. The number of aliphatic carboxylic acids is 1. The number of carbonyl (C=O) groups excluding carboxylic acids is 4. The summed E-state index contributed by atoms with van der Waals surface area (Å²) in [5, 5.41) is 12.2. The minimum Gasteiger partial charge on any atom is -0.478 e. The maximum absolute atomic E-state index is 13.2. The average Bonchev–Trinajstić information content (AvgIpc) is 2.91. The Morgan fingerprint density at radius 1 is 0.703 bits per heavy atom. The van der Waals surface area contributed by atoms with Crippen LogP contribution in [0.3, 0.4) is 0 Å². The molecule has 190 valence electrons. The third-order valence-electron chi connectivity index (χ3n) is 4.91. The maximum atomic E-state index is 13.2. The zero-order chi connectivity index (χ0) is 26.8. The molecule has 0 aromatic heterocycles. The predicted molar refractivity (Wildman–Crippen MR) is 130 cm³/mol. The smallest absolute Gasteiger partial charge is 0.349 e. The van der Waals surface area contributed by atoms with Gasteiger partial charge in [0.15, 0.2) is 0 Å². The van der Waals surface area contributed by atoms with E-state index in [-0.39, 0.29) is 29.0 Å². The molecule has 2 atom stereocenters. The highest BCUT2D eigenvalue weighted by Crippen LogP contribution is 2.17. The Kier molecular flexibility index (Phi) is 9.09. The summed E-state index contributed by atoms with van der Waals surface area (Å²) in [6, 6.07) is 20.8. The molecular formula is C27H23NO9. The van der Waals surface area contributed by atoms with E-state index in [9.17, 15) is 29.1 Å². The largest absolute Gasteiger partial charge is 0.478 e. The number of benzene rings is 3. The van der Waals surface area contributed by atoms with E-state index in [1.54, 1.807) is 43.3 Å². The van der Waals surface area contributed by atoms with Crippen molar-refractivity contribution in [2.45, 2.75) is 19.1 Å². The SMILES string of the molecule is CCOC(=O)c1cccc(NC(=O)[C@H](OC(=O)c2ccccc2)[C@@H](OC(=O)c2ccccc2)C(=O)O)c1. The lowest BCUT2D eigenvalue weighted by Gasteiger charge is -2.23. The Hall–Kier alpha value is -4.99. The van der Waals surface area contributed by atoms with E-state index in [0.29, 0.717) is 0 Å². The molecule has 0 aliphatic rings. The summed E-state index contributed by atoms with van der Waals surface area (Å²) in [7, 11) is 0. The third kappa shape index (κ3) is 7.25. The predicted octanol–water partition coefficient (Wildman–Crippen LogP) is 3.34. The molecule has 0 bridgehead atoms. The van der Waals surface area contributed by atoms with Gasteiger partial charge in [0.1, 0.15) is 0 Å². The molecule has 0 fully saturated rings. The fraction of sp³-hybridized carbons (Fsp3) is 0.148. The van der Waals surface area contributed by atoms with Crippen LogP contribution in [-0.4, -0.2) is 53.7 Å². The lowest BCUT2D eigenvalue weighted by Crippen LogP contribution is -2.48. The molecule has 10 nitrogen and oxygen atoms in total. The van der Waals surface area contributed by atoms with Crippen molar-refractivity contribution in [3.05, 3.63) is 102 Å². The Morgan fingerprint density at radius 2 is 1.22 bits per heavy atom. The number of nitrogens with one attached hydrogen (secondary N) is 1. The number of carboxylic acids is 1. The minimum absolute atomic E-state index is 0.0319. The first-order valence-electron chi connectivity index (χ1n) is 11.1. The van der Waals surface area contributed by atoms with Crippen LogP contribution in [0.1, 0.15) is 38.0 Å². The number of esters is 3. The normalized spacial score (nSPS) is 11.9. The summed E-state index contributed by atoms with van der Waals surface area (Å²) in [4.78, 5) is 62.6. The number of hydrogen-bond acceptors (Lipinski definition) is 8. The summed E-state index contributed by atoms with van der Waals surface area (Å²) in [6.07, 6.45) is -4.27. The number of anilines is 1. The first-order chi connectivity index (χ1) is 17.8. The first kappa shape index (κ1) is 26.6. The average molecular weight is 505 g/mol. The van der Waals surface area contributed by atoms with Crippen molar-refractivity contribution in [3.8, 4) is 0 Å². The molecule has 10 heteroatoms. The number of carboxylic acid groups (broad SMARTS) is 1. The van der Waals surface area contributed by atoms with Gasteiger partial charge >= 0.3 is 23.9 Å². The summed E-state index contributed by atoms with van der Waals surface area (Å²) in [5.74, 6) is -5.50. The van der Waals surface area contributed by atoms with E-state index in [2.05, 4.69) is 5.32 Å². The van der Waals surface area contributed by atoms with Crippen molar-refractivity contribution >= 4 is 35.5 Å². The molecule has 0 saturated heterocycles. The van der Waals surface area contributed by atoms with Gasteiger partial charge in [0.2, 0.25) is 12.2 Å². The van der Waals surface area contributed by atoms with Crippen LogP contribution in [0.15, 0.2) is 84.9 Å². The van der Waals surface area contributed by atoms with Crippen LogP contribution in [0.5, 0.6) is 0 Å². The molecule has 2 N–H and O–H groups in total. The number of hydrogen-bond donors (Lipinski definition) is 2. The van der Waals surface area contributed by atoms with Crippen LogP contribution in [0.2, 0.25) is 0 Å². The Bertz CT molecular complexity index is 1280. The van der Waals surface area contributed by atoms with Crippen LogP contribution in [0.25, 0.3) is 0 Å². The third-order valence-corrected chi connectivity index (χ3v) is 4.91. The molecule has 0 saturated carbocycles. The molecule has 0 aliphatic carbocycles. The molecule has 0 aliphatic heterocycles. The van der Waals surface area contributed by atoms with Crippen LogP contribution in [0, 0.1) is 0 Å². The van der Waals surface area contributed by atoms with Crippen molar-refractivity contribution in [2.75, 3.05) is 11.9 Å². The van der Waals surface area contributed by atoms with Gasteiger partial charge in [0.25, 0.3) is 5.91 Å². The highest BCUT2D eigenvalue weighted by Gasteiger charge is 2.41. The Labute approximate surface area is 211 Å². The molecule has 0 unspecified atom stereocenters. The van der Waals surface area contributed by atoms with Gasteiger partial charge in [-0.15, -0.1) is 0 Å². The van der Waals surface area contributed by atoms with Crippen LogP contribution < -0.4 is 5.32 Å². The second kappa shape index (κ2) is 12.6. The molecule has 3 aromatic rings. The molecule has 0 spiro atoms. The second-order valence-corrected chi connectivity index (χ2v) is 7.51. The van der Waals surface area contributed by atoms with Crippen molar-refractivity contribution in [1.29, 1.82) is 0 Å². The fourth-order valence-electron chi connectivity index (χ4n) is 3.16. The monoisotopic (exact) mass is 505 g/mol. The molecular weight excluding hydrogens is 482 g/mol. The van der Waals surface area contributed by atoms with Crippen LogP contribution in [-0.2, 0) is 23.8 Å². The molecule has 0 heterocycles. The number of amides is 1. The van der Waals surface area contributed by atoms with E-state index >= 15 is 0 Å². The van der Waals surface area contributed by atoms with Crippen molar-refractivity contribution in [3.63, 3.8) is 0 Å². The van der Waals surface area contributed by atoms with E-state index in [4.69, 9.17) is 14.2 Å². The minimum atomic E-state index is -2.19. The lowest BCUT2D eigenvalue weighted by molar-refractivity contribution is -0.157.